The van der Waals surface area contributed by atoms with Gasteiger partial charge in [-0.05, 0) is 0 Å². The van der Waals surface area contributed by atoms with E-state index >= 15 is 0 Å². The number of hydrogen-bond donors (Lipinski definition) is 4. The highest BCUT2D eigenvalue weighted by atomic mass is 16.6. The number of carbonyl (C=O) groups excluding carboxylic acids is 3. The molecule has 2 heterocycles. The van der Waals surface area contributed by atoms with Crippen molar-refractivity contribution in [2.75, 3.05) is 0 Å². The number of ether oxygens (including phenoxy) is 1. The van der Waals surface area contributed by atoms with Gasteiger partial charge in [0, 0.05) is 37.2 Å². The first-order chi connectivity index (χ1) is 13.3. The van der Waals surface area contributed by atoms with Crippen molar-refractivity contribution in [2.45, 2.75) is 48.9 Å². The zero-order valence-electron chi connectivity index (χ0n) is 14.3. The van der Waals surface area contributed by atoms with Gasteiger partial charge in [-0.3, -0.25) is 9.78 Å². The van der Waals surface area contributed by atoms with Gasteiger partial charge in [0.25, 0.3) is 5.56 Å². The summed E-state index contributed by atoms with van der Waals surface area (Å²) in [6.07, 6.45) is -10.5. The molecule has 15 nitrogen and oxygen atoms in total. The molecule has 29 heavy (non-hydrogen) atoms. The highest BCUT2D eigenvalue weighted by Crippen LogP contribution is 2.49. The Morgan fingerprint density at radius 2 is 1.69 bits per heavy atom. The second-order valence-corrected chi connectivity index (χ2v) is 6.38. The summed E-state index contributed by atoms with van der Waals surface area (Å²) >= 11 is 0. The number of aliphatic hydroxyl groups excluding tert-OH is 1. The van der Waals surface area contributed by atoms with Gasteiger partial charge in [-0.1, -0.05) is 0 Å². The van der Waals surface area contributed by atoms with Gasteiger partial charge in [0.1, 0.15) is 23.5 Å². The van der Waals surface area contributed by atoms with Crippen molar-refractivity contribution in [3.63, 3.8) is 0 Å². The van der Waals surface area contributed by atoms with Crippen molar-refractivity contribution in [2.24, 2.45) is 0 Å². The Labute approximate surface area is 159 Å². The number of rotatable bonds is 8. The van der Waals surface area contributed by atoms with E-state index in [9.17, 15) is 54.6 Å². The van der Waals surface area contributed by atoms with Crippen LogP contribution < -0.4 is 26.6 Å². The molecular formula is C14H14N3O12-3. The van der Waals surface area contributed by atoms with Crippen molar-refractivity contribution in [3.05, 3.63) is 27.0 Å². The molecule has 1 saturated heterocycles. The van der Waals surface area contributed by atoms with Crippen LogP contribution in [0.4, 0.5) is 0 Å². The second kappa shape index (κ2) is 7.70. The Morgan fingerprint density at radius 3 is 2.17 bits per heavy atom. The number of carboxylic acids is 3. The summed E-state index contributed by atoms with van der Waals surface area (Å²) in [5.74, 6) is -5.94. The fourth-order valence-electron chi connectivity index (χ4n) is 3.23. The maximum atomic E-state index is 12.0. The average Bonchev–Trinajstić information content (AvgIpc) is 2.74. The molecule has 1 unspecified atom stereocenters. The van der Waals surface area contributed by atoms with Gasteiger partial charge < -0.3 is 49.8 Å². The Balaban J connectivity index is 2.70. The minimum atomic E-state index is -3.20. The van der Waals surface area contributed by atoms with E-state index in [4.69, 9.17) is 4.74 Å². The lowest BCUT2D eigenvalue weighted by Crippen LogP contribution is -2.64. The van der Waals surface area contributed by atoms with Crippen LogP contribution in [0.5, 0.6) is 0 Å². The first kappa shape index (κ1) is 22.2. The van der Waals surface area contributed by atoms with Crippen molar-refractivity contribution >= 4 is 17.9 Å². The number of carbonyl (C=O) groups is 3. The zero-order valence-corrected chi connectivity index (χ0v) is 14.3. The molecular weight excluding hydrogens is 402 g/mol. The van der Waals surface area contributed by atoms with Crippen LogP contribution in [-0.2, 0) is 19.1 Å². The number of nitrogens with one attached hydrogen (secondary N) is 1. The second-order valence-electron chi connectivity index (χ2n) is 6.38. The highest BCUT2D eigenvalue weighted by molar-refractivity contribution is 5.70. The molecule has 0 saturated carbocycles. The molecule has 160 valence electrons. The van der Waals surface area contributed by atoms with Crippen LogP contribution in [0.1, 0.15) is 25.5 Å². The van der Waals surface area contributed by atoms with Crippen LogP contribution in [0, 0.1) is 0 Å². The Kier molecular flexibility index (Phi) is 5.89. The van der Waals surface area contributed by atoms with Crippen LogP contribution in [0.25, 0.3) is 0 Å². The van der Waals surface area contributed by atoms with E-state index in [1.54, 1.807) is 4.98 Å². The first-order valence-electron chi connectivity index (χ1n) is 7.88. The lowest BCUT2D eigenvalue weighted by molar-refractivity contribution is -0.322. The summed E-state index contributed by atoms with van der Waals surface area (Å²) in [7, 11) is 0. The van der Waals surface area contributed by atoms with Gasteiger partial charge in [0.05, 0.1) is 6.10 Å². The summed E-state index contributed by atoms with van der Waals surface area (Å²) in [5, 5.41) is 68.3. The number of aliphatic hydroxyl groups is 3. The molecule has 4 N–H and O–H groups in total. The minimum Gasteiger partial charge on any atom is -0.550 e. The smallest absolute Gasteiger partial charge is 0.347 e. The third-order valence-corrected chi connectivity index (χ3v) is 4.42. The largest absolute Gasteiger partial charge is 0.550 e. The van der Waals surface area contributed by atoms with Gasteiger partial charge in [-0.25, -0.2) is 4.79 Å². The number of H-pyrrole nitrogens is 1. The first-order valence-corrected chi connectivity index (χ1v) is 7.88. The summed E-state index contributed by atoms with van der Waals surface area (Å²) < 4.78 is 5.30. The molecule has 1 aliphatic heterocycles. The van der Waals surface area contributed by atoms with Gasteiger partial charge in [0.15, 0.2) is 6.23 Å². The van der Waals surface area contributed by atoms with E-state index in [0.29, 0.717) is 6.20 Å². The van der Waals surface area contributed by atoms with Gasteiger partial charge in [-0.15, -0.1) is 0 Å². The van der Waals surface area contributed by atoms with Gasteiger partial charge in [-0.2, -0.15) is 9.78 Å². The quantitative estimate of drug-likeness (QED) is 0.307. The lowest BCUT2D eigenvalue weighted by atomic mass is 9.74. The van der Waals surface area contributed by atoms with Crippen LogP contribution in [-0.4, -0.2) is 71.4 Å². The third-order valence-electron chi connectivity index (χ3n) is 4.42. The Morgan fingerprint density at radius 1 is 1.14 bits per heavy atom. The Hall–Kier alpha value is -3.14. The number of aliphatic carboxylic acids is 3. The molecule has 0 amide bonds. The molecule has 15 heteroatoms. The highest BCUT2D eigenvalue weighted by Gasteiger charge is 2.68. The molecule has 1 aromatic rings. The van der Waals surface area contributed by atoms with E-state index < -0.39 is 78.1 Å². The van der Waals surface area contributed by atoms with Crippen LogP contribution in [0.3, 0.4) is 0 Å². The van der Waals surface area contributed by atoms with E-state index in [1.165, 1.54) is 0 Å². The number of nitrogens with zero attached hydrogens (tertiary/aromatic N) is 2. The van der Waals surface area contributed by atoms with Crippen LogP contribution in [0.15, 0.2) is 15.8 Å². The molecule has 0 radical (unpaired) electrons. The fourth-order valence-corrected chi connectivity index (χ4v) is 3.23. The molecule has 1 fully saturated rings. The molecule has 0 aliphatic carbocycles. The predicted molar refractivity (Wildman–Crippen MR) is 77.8 cm³/mol. The Bertz CT molecular complexity index is 940. The van der Waals surface area contributed by atoms with Gasteiger partial charge >= 0.3 is 5.69 Å². The van der Waals surface area contributed by atoms with Crippen LogP contribution >= 0.6 is 0 Å². The van der Waals surface area contributed by atoms with Crippen molar-refractivity contribution in [1.82, 2.24) is 14.8 Å². The molecule has 2 rings (SSSR count). The topological polar surface area (TPSA) is 258 Å². The van der Waals surface area contributed by atoms with Crippen LogP contribution in [0.2, 0.25) is 0 Å². The zero-order chi connectivity index (χ0) is 22.1. The molecule has 0 bridgehead atoms. The monoisotopic (exact) mass is 416 g/mol. The number of aromatic amines is 1. The third kappa shape index (κ3) is 4.02. The molecule has 5 atom stereocenters. The lowest BCUT2D eigenvalue weighted by Gasteiger charge is -2.42. The predicted octanol–water partition coefficient (Wildman–Crippen LogP) is -7.93. The van der Waals surface area contributed by atoms with Crippen molar-refractivity contribution in [1.29, 1.82) is 0 Å². The molecule has 0 spiro atoms. The SMILES string of the molecule is O=C([O-])CC(O)[C@H]1O[C@@H](n2ncc(=O)[nH]c2=O)[C@@](O)(CC(=O)[O-])[C@@]1(O)CC(=O)[O-]. The number of hydrogen-bond acceptors (Lipinski definition) is 13. The summed E-state index contributed by atoms with van der Waals surface area (Å²) in [4.78, 5) is 58.0. The summed E-state index contributed by atoms with van der Waals surface area (Å²) in [6.45, 7) is 0. The molecule has 1 aromatic heterocycles. The average molecular weight is 416 g/mol. The van der Waals surface area contributed by atoms with E-state index in [-0.39, 0.29) is 4.68 Å². The molecule has 0 aromatic carbocycles. The van der Waals surface area contributed by atoms with Crippen molar-refractivity contribution in [3.8, 4) is 0 Å². The van der Waals surface area contributed by atoms with E-state index in [0.717, 1.165) is 0 Å². The summed E-state index contributed by atoms with van der Waals surface area (Å²) in [6, 6.07) is 0. The fraction of sp³-hybridized carbons (Fsp3) is 0.571. The van der Waals surface area contributed by atoms with Gasteiger partial charge in [0.2, 0.25) is 0 Å². The maximum Gasteiger partial charge on any atom is 0.347 e. The van der Waals surface area contributed by atoms with E-state index in [2.05, 4.69) is 5.10 Å². The normalized spacial score (nSPS) is 30.0. The van der Waals surface area contributed by atoms with E-state index in [1.807, 2.05) is 0 Å². The maximum absolute atomic E-state index is 12.0. The standard InChI is InChI=1S/C14H17N3O12/c18-5(1-7(20)21)10-13(27,2-8(22)23)14(28,3-9(24)25)11(29-10)17-12(26)16-6(19)4-15-17/h4-5,10-11,18,27-28H,1-3H2,(H,20,21)(H,22,23)(H,24,25)(H,16,19,26)/p-3/t5?,10-,11-,13-,14+/m1/s1. The summed E-state index contributed by atoms with van der Waals surface area (Å²) in [5.41, 5.74) is -8.74. The van der Waals surface area contributed by atoms with Crippen molar-refractivity contribution < 1.29 is 49.8 Å². The number of aromatic nitrogens is 3. The number of carboxylic acid groups (broad SMARTS) is 3. The molecule has 1 aliphatic rings. The minimum absolute atomic E-state index is 0.177.